The number of rotatable bonds is 15. The first-order chi connectivity index (χ1) is 17.0. The van der Waals surface area contributed by atoms with Crippen LogP contribution in [0.5, 0.6) is 0 Å². The van der Waals surface area contributed by atoms with Gasteiger partial charge in [-0.05, 0) is 24.9 Å². The normalized spacial score (nSPS) is 12.6. The zero-order chi connectivity index (χ0) is 30.1. The zero-order valence-electron chi connectivity index (χ0n) is 19.9. The largest absolute Gasteiger partial charge is 0.481 e. The molecule has 0 aromatic carbocycles. The number of hydrogen-bond acceptors (Lipinski definition) is 12. The third-order valence-electron chi connectivity index (χ3n) is 3.42. The second kappa shape index (κ2) is 25.6. The van der Waals surface area contributed by atoms with Crippen LogP contribution in [-0.2, 0) is 33.6 Å². The monoisotopic (exact) mass is 561 g/mol. The number of nitrogens with two attached hydrogens (primary N) is 4. The number of carbonyl (C=O) groups is 7. The maximum Gasteiger partial charge on any atom is 0.326 e. The Morgan fingerprint density at radius 3 is 1.49 bits per heavy atom. The van der Waals surface area contributed by atoms with Crippen LogP contribution in [0.1, 0.15) is 25.7 Å². The average molecular weight is 562 g/mol. The van der Waals surface area contributed by atoms with Gasteiger partial charge >= 0.3 is 29.8 Å². The van der Waals surface area contributed by atoms with Gasteiger partial charge in [0.2, 0.25) is 12.3 Å². The van der Waals surface area contributed by atoms with Crippen LogP contribution < -0.4 is 28.3 Å². The molecule has 0 unspecified atom stereocenters. The van der Waals surface area contributed by atoms with E-state index in [-0.39, 0.29) is 19.3 Å². The van der Waals surface area contributed by atoms with Crippen LogP contribution in [0.15, 0.2) is 0 Å². The number of aliphatic carboxylic acids is 5. The molecule has 0 saturated heterocycles. The molecule has 2 amide bonds. The standard InChI is InChI=1S/C6H11NO3S.C5H9NO4.C4H8N2O3.C3H7NO3/c1-11-3-2-5(6(9)10)7-4-8;6-3(5(9)10)1-2-4(7)8;5-2(4(8)9)1-3(6)7;4-2(1-5)3(6)7/h4-5H,2-3H2,1H3,(H,7,8)(H,9,10);3H,1-2,6H2,(H,7,8)(H,9,10);2H,1,5H2,(H2,6,7)(H,8,9);2,5H,1,4H2,(H,6,7)/t5-;3-;2*2-/m0000/s1. The molecule has 18 nitrogen and oxygen atoms in total. The highest BCUT2D eigenvalue weighted by Crippen LogP contribution is 1.99. The third-order valence-corrected chi connectivity index (χ3v) is 4.06. The van der Waals surface area contributed by atoms with Crippen LogP contribution in [0, 0.1) is 0 Å². The van der Waals surface area contributed by atoms with Crippen molar-refractivity contribution in [3.05, 3.63) is 0 Å². The quantitative estimate of drug-likeness (QED) is 0.0845. The molecule has 4 atom stereocenters. The van der Waals surface area contributed by atoms with Crippen molar-refractivity contribution in [3.8, 4) is 0 Å². The van der Waals surface area contributed by atoms with Crippen molar-refractivity contribution in [1.29, 1.82) is 0 Å². The van der Waals surface area contributed by atoms with Gasteiger partial charge < -0.3 is 58.9 Å². The minimum absolute atomic E-state index is 0.0231. The van der Waals surface area contributed by atoms with Crippen LogP contribution in [0.2, 0.25) is 0 Å². The van der Waals surface area contributed by atoms with E-state index in [4.69, 9.17) is 47.8 Å². The summed E-state index contributed by atoms with van der Waals surface area (Å²) < 4.78 is 0. The lowest BCUT2D eigenvalue weighted by molar-refractivity contribution is -0.141. The van der Waals surface area contributed by atoms with Gasteiger partial charge in [-0.3, -0.25) is 28.8 Å². The Hall–Kier alpha value is -3.52. The van der Waals surface area contributed by atoms with Crippen molar-refractivity contribution < 1.29 is 64.2 Å². The highest BCUT2D eigenvalue weighted by atomic mass is 32.2. The SMILES string of the molecule is CSCC[C@H](NC=O)C(=O)O.NC(=O)C[C@H](N)C(=O)O.N[C@@H](CCC(=O)O)C(=O)O.N[C@@H](CO)C(=O)O. The van der Waals surface area contributed by atoms with E-state index in [0.717, 1.165) is 5.75 Å². The number of hydrogen-bond donors (Lipinski definition) is 11. The van der Waals surface area contributed by atoms with E-state index in [1.165, 1.54) is 0 Å². The van der Waals surface area contributed by atoms with Gasteiger partial charge in [0.1, 0.15) is 24.2 Å². The predicted molar refractivity (Wildman–Crippen MR) is 128 cm³/mol. The summed E-state index contributed by atoms with van der Waals surface area (Å²) in [7, 11) is 0. The molecule has 15 N–H and O–H groups in total. The van der Waals surface area contributed by atoms with Crippen LogP contribution in [0.3, 0.4) is 0 Å². The molecule has 0 aliphatic carbocycles. The van der Waals surface area contributed by atoms with Gasteiger partial charge in [-0.25, -0.2) is 4.79 Å². The summed E-state index contributed by atoms with van der Waals surface area (Å²) in [6.07, 6.45) is 2.24. The number of aliphatic hydroxyl groups excluding tert-OH is 1. The van der Waals surface area contributed by atoms with Gasteiger partial charge in [-0.2, -0.15) is 11.8 Å². The summed E-state index contributed by atoms with van der Waals surface area (Å²) in [6, 6.07) is -4.08. The third kappa shape index (κ3) is 32.5. The molecule has 37 heavy (non-hydrogen) atoms. The van der Waals surface area contributed by atoms with E-state index in [1.54, 1.807) is 11.8 Å². The van der Waals surface area contributed by atoms with Gasteiger partial charge in [0.05, 0.1) is 13.0 Å². The van der Waals surface area contributed by atoms with Gasteiger partial charge in [0.15, 0.2) is 0 Å². The number of carbonyl (C=O) groups excluding carboxylic acids is 2. The van der Waals surface area contributed by atoms with E-state index < -0.39 is 66.5 Å². The zero-order valence-corrected chi connectivity index (χ0v) is 20.7. The van der Waals surface area contributed by atoms with E-state index >= 15 is 0 Å². The molecule has 216 valence electrons. The van der Waals surface area contributed by atoms with E-state index in [9.17, 15) is 33.6 Å². The number of amides is 2. The summed E-state index contributed by atoms with van der Waals surface area (Å²) >= 11 is 1.55. The Kier molecular flexibility index (Phi) is 28.1. The lowest BCUT2D eigenvalue weighted by Crippen LogP contribution is -2.36. The van der Waals surface area contributed by atoms with Crippen molar-refractivity contribution in [2.45, 2.75) is 49.9 Å². The molecular weight excluding hydrogens is 526 g/mol. The van der Waals surface area contributed by atoms with E-state index in [1.807, 2.05) is 6.26 Å². The van der Waals surface area contributed by atoms with E-state index in [0.29, 0.717) is 12.8 Å². The fourth-order valence-electron chi connectivity index (χ4n) is 1.38. The molecule has 0 heterocycles. The second-order valence-electron chi connectivity index (χ2n) is 6.58. The van der Waals surface area contributed by atoms with Gasteiger partial charge in [0.25, 0.3) is 0 Å². The van der Waals surface area contributed by atoms with Gasteiger partial charge in [0, 0.05) is 6.42 Å². The molecule has 0 aromatic heterocycles. The van der Waals surface area contributed by atoms with Crippen molar-refractivity contribution in [3.63, 3.8) is 0 Å². The van der Waals surface area contributed by atoms with Crippen LogP contribution in [0.4, 0.5) is 0 Å². The number of thioether (sulfide) groups is 1. The number of primary amides is 1. The summed E-state index contributed by atoms with van der Waals surface area (Å²) in [6.45, 7) is -0.505. The first kappa shape index (κ1) is 40.6. The molecule has 0 bridgehead atoms. The molecule has 0 radical (unpaired) electrons. The summed E-state index contributed by atoms with van der Waals surface area (Å²) in [5, 5.41) is 51.0. The maximum absolute atomic E-state index is 10.4. The maximum atomic E-state index is 10.4. The van der Waals surface area contributed by atoms with Crippen molar-refractivity contribution in [2.75, 3.05) is 18.6 Å². The fourth-order valence-corrected chi connectivity index (χ4v) is 1.85. The molecule has 0 aromatic rings. The Balaban J connectivity index is -0.000000199. The predicted octanol–water partition coefficient (Wildman–Crippen LogP) is -4.13. The smallest absolute Gasteiger partial charge is 0.326 e. The van der Waals surface area contributed by atoms with Crippen LogP contribution >= 0.6 is 11.8 Å². The molecule has 0 aliphatic heterocycles. The number of carboxylic acids is 5. The summed E-state index contributed by atoms with van der Waals surface area (Å²) in [5.74, 6) is -5.54. The topological polar surface area (TPSA) is 357 Å². The lowest BCUT2D eigenvalue weighted by atomic mass is 10.2. The lowest BCUT2D eigenvalue weighted by Gasteiger charge is -2.08. The summed E-state index contributed by atoms with van der Waals surface area (Å²) in [4.78, 5) is 69.7. The number of carboxylic acid groups (broad SMARTS) is 5. The van der Waals surface area contributed by atoms with Crippen LogP contribution in [0.25, 0.3) is 0 Å². The van der Waals surface area contributed by atoms with Crippen molar-refractivity contribution in [2.24, 2.45) is 22.9 Å². The van der Waals surface area contributed by atoms with Crippen LogP contribution in [-0.4, -0.2) is 116 Å². The minimum Gasteiger partial charge on any atom is -0.481 e. The van der Waals surface area contributed by atoms with Gasteiger partial charge in [-0.15, -0.1) is 0 Å². The average Bonchev–Trinajstić information content (AvgIpc) is 2.79. The Morgan fingerprint density at radius 1 is 0.811 bits per heavy atom. The van der Waals surface area contributed by atoms with Crippen molar-refractivity contribution in [1.82, 2.24) is 5.32 Å². The van der Waals surface area contributed by atoms with Crippen molar-refractivity contribution >= 4 is 53.9 Å². The Labute approximate surface area is 215 Å². The molecule has 0 spiro atoms. The summed E-state index contributed by atoms with van der Waals surface area (Å²) in [5.41, 5.74) is 19.3. The number of nitrogens with one attached hydrogen (secondary N) is 1. The fraction of sp³-hybridized carbons (Fsp3) is 0.611. The molecule has 0 saturated carbocycles. The van der Waals surface area contributed by atoms with Gasteiger partial charge in [-0.1, -0.05) is 0 Å². The highest BCUT2D eigenvalue weighted by molar-refractivity contribution is 7.98. The molecular formula is C18H35N5O13S. The second-order valence-corrected chi connectivity index (χ2v) is 7.56. The Bertz CT molecular complexity index is 726. The number of aliphatic hydroxyl groups is 1. The Morgan fingerprint density at radius 2 is 1.27 bits per heavy atom. The highest BCUT2D eigenvalue weighted by Gasteiger charge is 2.15. The molecule has 0 rings (SSSR count). The first-order valence-corrected chi connectivity index (χ1v) is 11.3. The first-order valence-electron chi connectivity index (χ1n) is 9.95. The minimum atomic E-state index is -1.21. The molecule has 0 aliphatic rings. The van der Waals surface area contributed by atoms with E-state index in [2.05, 4.69) is 11.1 Å². The molecule has 0 fully saturated rings. The molecule has 19 heteroatoms.